The minimum absolute atomic E-state index is 0.175. The molecule has 0 spiro atoms. The van der Waals surface area contributed by atoms with Crippen molar-refractivity contribution in [3.8, 4) is 0 Å². The highest BCUT2D eigenvalue weighted by Gasteiger charge is 2.25. The third-order valence-electron chi connectivity index (χ3n) is 2.00. The SMILES string of the molecule is Cc1cnc(NS(=O)(=O)c2cc(C(=O)O)oc2Br)s1. The van der Waals surface area contributed by atoms with Gasteiger partial charge < -0.3 is 9.52 Å². The minimum Gasteiger partial charge on any atom is -0.475 e. The lowest BCUT2D eigenvalue weighted by molar-refractivity contribution is 0.0661. The predicted molar refractivity (Wildman–Crippen MR) is 71.0 cm³/mol. The molecule has 2 heterocycles. The van der Waals surface area contributed by atoms with Gasteiger partial charge >= 0.3 is 5.97 Å². The summed E-state index contributed by atoms with van der Waals surface area (Å²) in [4.78, 5) is 15.1. The maximum Gasteiger partial charge on any atom is 0.371 e. The van der Waals surface area contributed by atoms with Crippen molar-refractivity contribution in [3.63, 3.8) is 0 Å². The van der Waals surface area contributed by atoms with Gasteiger partial charge in [-0.2, -0.15) is 0 Å². The average Bonchev–Trinajstić information content (AvgIpc) is 2.85. The number of aromatic nitrogens is 1. The van der Waals surface area contributed by atoms with E-state index in [1.54, 1.807) is 6.92 Å². The molecule has 0 aliphatic rings. The normalized spacial score (nSPS) is 11.5. The molecule has 0 unspecified atom stereocenters. The summed E-state index contributed by atoms with van der Waals surface area (Å²) >= 11 is 4.04. The van der Waals surface area contributed by atoms with Crippen LogP contribution in [0.4, 0.5) is 5.13 Å². The first-order valence-electron chi connectivity index (χ1n) is 4.77. The smallest absolute Gasteiger partial charge is 0.371 e. The molecule has 0 radical (unpaired) electrons. The Hall–Kier alpha value is -1.39. The van der Waals surface area contributed by atoms with Crippen LogP contribution in [0.3, 0.4) is 0 Å². The van der Waals surface area contributed by atoms with E-state index in [9.17, 15) is 13.2 Å². The molecule has 0 amide bonds. The number of carboxylic acid groups (broad SMARTS) is 1. The molecule has 0 saturated carbocycles. The summed E-state index contributed by atoms with van der Waals surface area (Å²) in [5.41, 5.74) is 0. The van der Waals surface area contributed by atoms with Crippen LogP contribution in [0.25, 0.3) is 0 Å². The Bertz CT molecular complexity index is 734. The monoisotopic (exact) mass is 366 g/mol. The largest absolute Gasteiger partial charge is 0.475 e. The van der Waals surface area contributed by atoms with Crippen molar-refractivity contribution in [2.45, 2.75) is 11.8 Å². The summed E-state index contributed by atoms with van der Waals surface area (Å²) in [6.45, 7) is 1.78. The number of sulfonamides is 1. The first-order valence-corrected chi connectivity index (χ1v) is 7.87. The van der Waals surface area contributed by atoms with Gasteiger partial charge in [-0.1, -0.05) is 0 Å². The number of anilines is 1. The number of furan rings is 1. The molecule has 7 nitrogen and oxygen atoms in total. The molecule has 0 aromatic carbocycles. The van der Waals surface area contributed by atoms with Crippen LogP contribution >= 0.6 is 27.3 Å². The number of hydrogen-bond acceptors (Lipinski definition) is 6. The number of aryl methyl sites for hydroxylation is 1. The predicted octanol–water partition coefficient (Wildman–Crippen LogP) is 2.31. The van der Waals surface area contributed by atoms with Crippen LogP contribution in [0.15, 0.2) is 26.2 Å². The van der Waals surface area contributed by atoms with E-state index in [2.05, 4.69) is 25.6 Å². The van der Waals surface area contributed by atoms with E-state index in [1.807, 2.05) is 0 Å². The van der Waals surface area contributed by atoms with Gasteiger partial charge in [0, 0.05) is 17.1 Å². The Balaban J connectivity index is 2.37. The van der Waals surface area contributed by atoms with Gasteiger partial charge in [0.1, 0.15) is 4.90 Å². The molecule has 10 heteroatoms. The second kappa shape index (κ2) is 4.94. The number of halogens is 1. The van der Waals surface area contributed by atoms with E-state index in [4.69, 9.17) is 9.52 Å². The molecule has 0 aliphatic carbocycles. The van der Waals surface area contributed by atoms with Crippen molar-refractivity contribution in [1.82, 2.24) is 4.98 Å². The number of carboxylic acids is 1. The van der Waals surface area contributed by atoms with Gasteiger partial charge in [-0.05, 0) is 22.9 Å². The first-order chi connectivity index (χ1) is 8.79. The van der Waals surface area contributed by atoms with E-state index < -0.39 is 21.8 Å². The molecule has 2 rings (SSSR count). The van der Waals surface area contributed by atoms with Gasteiger partial charge in [0.15, 0.2) is 9.80 Å². The number of nitrogens with one attached hydrogen (secondary N) is 1. The van der Waals surface area contributed by atoms with Gasteiger partial charge in [0.2, 0.25) is 5.76 Å². The zero-order chi connectivity index (χ0) is 14.2. The molecule has 0 aliphatic heterocycles. The highest BCUT2D eigenvalue weighted by Crippen LogP contribution is 2.28. The van der Waals surface area contributed by atoms with Crippen molar-refractivity contribution in [1.29, 1.82) is 0 Å². The van der Waals surface area contributed by atoms with Crippen LogP contribution in [-0.2, 0) is 10.0 Å². The number of nitrogens with zero attached hydrogens (tertiary/aromatic N) is 1. The molecular formula is C9H7BrN2O5S2. The Morgan fingerprint density at radius 3 is 2.74 bits per heavy atom. The zero-order valence-electron chi connectivity index (χ0n) is 9.38. The van der Waals surface area contributed by atoms with Crippen LogP contribution in [0.1, 0.15) is 15.4 Å². The molecular weight excluding hydrogens is 360 g/mol. The summed E-state index contributed by atoms with van der Waals surface area (Å²) in [5.74, 6) is -1.82. The lowest BCUT2D eigenvalue weighted by Crippen LogP contribution is -2.12. The van der Waals surface area contributed by atoms with Gasteiger partial charge in [-0.15, -0.1) is 11.3 Å². The van der Waals surface area contributed by atoms with Crippen molar-refractivity contribution < 1.29 is 22.7 Å². The Morgan fingerprint density at radius 1 is 1.58 bits per heavy atom. The van der Waals surface area contributed by atoms with Gasteiger partial charge in [-0.3, -0.25) is 4.72 Å². The molecule has 0 fully saturated rings. The minimum atomic E-state index is -3.95. The van der Waals surface area contributed by atoms with Gasteiger partial charge in [0.05, 0.1) is 0 Å². The van der Waals surface area contributed by atoms with E-state index >= 15 is 0 Å². The molecule has 2 aromatic heterocycles. The fourth-order valence-electron chi connectivity index (χ4n) is 1.21. The quantitative estimate of drug-likeness (QED) is 0.858. The molecule has 102 valence electrons. The van der Waals surface area contributed by atoms with Crippen LogP contribution in [0.2, 0.25) is 0 Å². The molecule has 0 bridgehead atoms. The van der Waals surface area contributed by atoms with Crippen molar-refractivity contribution >= 4 is 48.4 Å². The number of thiazole rings is 1. The lowest BCUT2D eigenvalue weighted by atomic mass is 10.5. The number of carbonyl (C=O) groups is 1. The Kier molecular flexibility index (Phi) is 3.65. The average molecular weight is 367 g/mol. The van der Waals surface area contributed by atoms with Crippen LogP contribution in [-0.4, -0.2) is 24.5 Å². The summed E-state index contributed by atoms with van der Waals surface area (Å²) in [7, 11) is -3.95. The molecule has 0 saturated heterocycles. The number of rotatable bonds is 4. The standard InChI is InChI=1S/C9H7BrN2O5S2/c1-4-3-11-9(18-4)12-19(15,16)6-2-5(8(13)14)17-7(6)10/h2-3H,1H3,(H,11,12)(H,13,14). The number of hydrogen-bond donors (Lipinski definition) is 2. The van der Waals surface area contributed by atoms with E-state index in [-0.39, 0.29) is 14.7 Å². The Morgan fingerprint density at radius 2 is 2.26 bits per heavy atom. The van der Waals surface area contributed by atoms with Crippen LogP contribution in [0, 0.1) is 6.92 Å². The second-order valence-corrected chi connectivity index (χ2v) is 7.04. The summed E-state index contributed by atoms with van der Waals surface area (Å²) < 4.78 is 30.9. The summed E-state index contributed by atoms with van der Waals surface area (Å²) in [5, 5.41) is 8.94. The Labute approximate surface area is 120 Å². The second-order valence-electron chi connectivity index (χ2n) is 3.44. The summed E-state index contributed by atoms with van der Waals surface area (Å²) in [6, 6.07) is 0.926. The number of aromatic carboxylic acids is 1. The lowest BCUT2D eigenvalue weighted by Gasteiger charge is -2.01. The maximum atomic E-state index is 12.0. The van der Waals surface area contributed by atoms with E-state index in [0.29, 0.717) is 0 Å². The molecule has 2 N–H and O–H groups in total. The van der Waals surface area contributed by atoms with Crippen LogP contribution in [0.5, 0.6) is 0 Å². The van der Waals surface area contributed by atoms with Crippen molar-refractivity contribution in [3.05, 3.63) is 27.6 Å². The van der Waals surface area contributed by atoms with E-state index in [0.717, 1.165) is 22.3 Å². The highest BCUT2D eigenvalue weighted by molar-refractivity contribution is 9.10. The topological polar surface area (TPSA) is 110 Å². The van der Waals surface area contributed by atoms with Gasteiger partial charge in [-0.25, -0.2) is 18.2 Å². The fourth-order valence-corrected chi connectivity index (χ4v) is 4.06. The molecule has 2 aromatic rings. The molecule has 0 atom stereocenters. The fraction of sp³-hybridized carbons (Fsp3) is 0.111. The maximum absolute atomic E-state index is 12.0. The zero-order valence-corrected chi connectivity index (χ0v) is 12.6. The van der Waals surface area contributed by atoms with Crippen LogP contribution < -0.4 is 4.72 Å². The van der Waals surface area contributed by atoms with Gasteiger partial charge in [0.25, 0.3) is 10.0 Å². The van der Waals surface area contributed by atoms with E-state index in [1.165, 1.54) is 6.20 Å². The van der Waals surface area contributed by atoms with Crippen molar-refractivity contribution in [2.75, 3.05) is 4.72 Å². The molecule has 19 heavy (non-hydrogen) atoms. The third-order valence-corrected chi connectivity index (χ3v) is 5.15. The summed E-state index contributed by atoms with van der Waals surface area (Å²) in [6.07, 6.45) is 1.52. The highest BCUT2D eigenvalue weighted by atomic mass is 79.9. The third kappa shape index (κ3) is 2.96. The van der Waals surface area contributed by atoms with Crippen molar-refractivity contribution in [2.24, 2.45) is 0 Å². The first kappa shape index (κ1) is 14.0.